The highest BCUT2D eigenvalue weighted by atomic mass is 15.3. The molecule has 0 spiro atoms. The average molecular weight is 350 g/mol. The fourth-order valence-corrected chi connectivity index (χ4v) is 4.38. The minimum atomic E-state index is 0.824. The number of benzene rings is 1. The van der Waals surface area contributed by atoms with Gasteiger partial charge in [-0.1, -0.05) is 6.42 Å². The van der Waals surface area contributed by atoms with Gasteiger partial charge in [0.1, 0.15) is 11.7 Å². The molecular formula is C20H26N6. The largest absolute Gasteiger partial charge is 0.328 e. The molecule has 6 heteroatoms. The van der Waals surface area contributed by atoms with Crippen LogP contribution in [0.25, 0.3) is 11.0 Å². The number of hydrogen-bond acceptors (Lipinski definition) is 5. The maximum Gasteiger partial charge on any atom is 0.128 e. The first kappa shape index (κ1) is 16.0. The lowest BCUT2D eigenvalue weighted by Crippen LogP contribution is -2.41. The Kier molecular flexibility index (Phi) is 4.00. The standard InChI is InChI=1S/C20H26N6/c1-15-23-21-9-3-10-25(15)17-6-7-19-18(14-17)22-20-8-11-24(12-13-26(19)20)16-4-2-5-16/h6-7,9,14,16H,2-5,8,10-13H2,1H3. The highest BCUT2D eigenvalue weighted by molar-refractivity contribution is 5.98. The minimum Gasteiger partial charge on any atom is -0.328 e. The molecule has 0 atom stereocenters. The quantitative estimate of drug-likeness (QED) is 0.836. The van der Waals surface area contributed by atoms with Crippen LogP contribution in [0.2, 0.25) is 0 Å². The highest BCUT2D eigenvalue weighted by Crippen LogP contribution is 2.29. The van der Waals surface area contributed by atoms with Crippen LogP contribution < -0.4 is 4.90 Å². The number of nitrogens with zero attached hydrogens (tertiary/aromatic N) is 6. The fraction of sp³-hybridized carbons (Fsp3) is 0.550. The van der Waals surface area contributed by atoms with Crippen molar-refractivity contribution in [1.29, 1.82) is 0 Å². The molecule has 136 valence electrons. The van der Waals surface area contributed by atoms with Gasteiger partial charge in [-0.25, -0.2) is 4.98 Å². The molecule has 0 N–H and O–H groups in total. The van der Waals surface area contributed by atoms with E-state index in [9.17, 15) is 0 Å². The van der Waals surface area contributed by atoms with Crippen LogP contribution >= 0.6 is 0 Å². The van der Waals surface area contributed by atoms with Crippen molar-refractivity contribution in [3.8, 4) is 0 Å². The van der Waals surface area contributed by atoms with Gasteiger partial charge in [-0.3, -0.25) is 4.90 Å². The zero-order chi connectivity index (χ0) is 17.5. The van der Waals surface area contributed by atoms with E-state index < -0.39 is 0 Å². The molecule has 0 radical (unpaired) electrons. The Balaban J connectivity index is 1.43. The number of rotatable bonds is 2. The SMILES string of the molecule is CC1=NN=CCCN1c1ccc2c(c1)nc1n2CCN(C2CCC2)CC1. The topological polar surface area (TPSA) is 49.0 Å². The summed E-state index contributed by atoms with van der Waals surface area (Å²) >= 11 is 0. The molecule has 1 aliphatic carbocycles. The summed E-state index contributed by atoms with van der Waals surface area (Å²) in [5.41, 5.74) is 3.53. The minimum absolute atomic E-state index is 0.824. The molecule has 1 aromatic heterocycles. The van der Waals surface area contributed by atoms with Gasteiger partial charge in [0, 0.05) is 57.0 Å². The number of aromatic nitrogens is 2. The van der Waals surface area contributed by atoms with Crippen molar-refractivity contribution in [2.75, 3.05) is 24.5 Å². The molecule has 1 fully saturated rings. The number of anilines is 1. The van der Waals surface area contributed by atoms with E-state index in [4.69, 9.17) is 4.98 Å². The second kappa shape index (κ2) is 6.50. The zero-order valence-corrected chi connectivity index (χ0v) is 15.4. The predicted molar refractivity (Wildman–Crippen MR) is 106 cm³/mol. The Bertz CT molecular complexity index is 876. The molecule has 0 amide bonds. The lowest BCUT2D eigenvalue weighted by Gasteiger charge is -2.36. The van der Waals surface area contributed by atoms with Gasteiger partial charge < -0.3 is 9.47 Å². The fourth-order valence-electron chi connectivity index (χ4n) is 4.38. The molecule has 0 bridgehead atoms. The van der Waals surface area contributed by atoms with E-state index in [1.807, 2.05) is 13.1 Å². The third-order valence-corrected chi connectivity index (χ3v) is 6.10. The molecule has 2 aliphatic heterocycles. The Hall–Kier alpha value is -2.21. The van der Waals surface area contributed by atoms with Crippen LogP contribution in [0, 0.1) is 0 Å². The van der Waals surface area contributed by atoms with Crippen LogP contribution in [0.15, 0.2) is 28.4 Å². The highest BCUT2D eigenvalue weighted by Gasteiger charge is 2.27. The van der Waals surface area contributed by atoms with Crippen LogP contribution in [0.1, 0.15) is 38.4 Å². The van der Waals surface area contributed by atoms with E-state index >= 15 is 0 Å². The Morgan fingerprint density at radius 1 is 1.08 bits per heavy atom. The van der Waals surface area contributed by atoms with Crippen molar-refractivity contribution in [3.63, 3.8) is 0 Å². The summed E-state index contributed by atoms with van der Waals surface area (Å²) in [5, 5.41) is 8.34. The Morgan fingerprint density at radius 3 is 2.85 bits per heavy atom. The van der Waals surface area contributed by atoms with E-state index in [-0.39, 0.29) is 0 Å². The van der Waals surface area contributed by atoms with Gasteiger partial charge in [0.2, 0.25) is 0 Å². The third-order valence-electron chi connectivity index (χ3n) is 6.10. The van der Waals surface area contributed by atoms with Gasteiger partial charge in [-0.05, 0) is 38.0 Å². The monoisotopic (exact) mass is 350 g/mol. The van der Waals surface area contributed by atoms with E-state index in [0.29, 0.717) is 0 Å². The van der Waals surface area contributed by atoms with Gasteiger partial charge in [0.25, 0.3) is 0 Å². The first-order valence-electron chi connectivity index (χ1n) is 9.86. The first-order chi connectivity index (χ1) is 12.8. The summed E-state index contributed by atoms with van der Waals surface area (Å²) in [5.74, 6) is 2.18. The van der Waals surface area contributed by atoms with E-state index in [2.05, 4.69) is 42.8 Å². The van der Waals surface area contributed by atoms with Crippen molar-refractivity contribution in [3.05, 3.63) is 24.0 Å². The smallest absolute Gasteiger partial charge is 0.128 e. The van der Waals surface area contributed by atoms with Crippen LogP contribution in [0.4, 0.5) is 5.69 Å². The van der Waals surface area contributed by atoms with Crippen molar-refractivity contribution in [2.45, 2.75) is 51.6 Å². The zero-order valence-electron chi connectivity index (χ0n) is 15.4. The Morgan fingerprint density at radius 2 is 2.00 bits per heavy atom. The van der Waals surface area contributed by atoms with Gasteiger partial charge in [0.15, 0.2) is 0 Å². The summed E-state index contributed by atoms with van der Waals surface area (Å²) in [7, 11) is 0. The summed E-state index contributed by atoms with van der Waals surface area (Å²) in [6.45, 7) is 6.29. The lowest BCUT2D eigenvalue weighted by molar-refractivity contribution is 0.130. The van der Waals surface area contributed by atoms with E-state index in [1.165, 1.54) is 30.6 Å². The van der Waals surface area contributed by atoms with Gasteiger partial charge >= 0.3 is 0 Å². The predicted octanol–water partition coefficient (Wildman–Crippen LogP) is 3.06. The van der Waals surface area contributed by atoms with Crippen LogP contribution in [-0.2, 0) is 13.0 Å². The molecular weight excluding hydrogens is 324 g/mol. The van der Waals surface area contributed by atoms with Gasteiger partial charge in [-0.2, -0.15) is 5.10 Å². The van der Waals surface area contributed by atoms with Crippen molar-refractivity contribution in [2.24, 2.45) is 10.2 Å². The maximum atomic E-state index is 4.99. The van der Waals surface area contributed by atoms with Crippen LogP contribution in [0.3, 0.4) is 0 Å². The molecule has 0 unspecified atom stereocenters. The van der Waals surface area contributed by atoms with Crippen molar-refractivity contribution >= 4 is 28.8 Å². The van der Waals surface area contributed by atoms with Gasteiger partial charge in [0.05, 0.1) is 11.0 Å². The lowest BCUT2D eigenvalue weighted by atomic mass is 9.91. The number of imidazole rings is 1. The molecule has 1 aromatic carbocycles. The second-order valence-corrected chi connectivity index (χ2v) is 7.61. The molecule has 6 nitrogen and oxygen atoms in total. The Labute approximate surface area is 154 Å². The van der Waals surface area contributed by atoms with Gasteiger partial charge in [-0.15, -0.1) is 5.10 Å². The molecule has 2 aromatic rings. The molecule has 3 aliphatic rings. The molecule has 0 saturated heterocycles. The molecule has 5 rings (SSSR count). The normalized spacial score (nSPS) is 21.9. The third kappa shape index (κ3) is 2.72. The summed E-state index contributed by atoms with van der Waals surface area (Å²) in [4.78, 5) is 9.90. The molecule has 3 heterocycles. The van der Waals surface area contributed by atoms with E-state index in [0.717, 1.165) is 62.1 Å². The van der Waals surface area contributed by atoms with Crippen LogP contribution in [0.5, 0.6) is 0 Å². The number of hydrogen-bond donors (Lipinski definition) is 0. The second-order valence-electron chi connectivity index (χ2n) is 7.61. The maximum absolute atomic E-state index is 4.99. The summed E-state index contributed by atoms with van der Waals surface area (Å²) < 4.78 is 2.43. The first-order valence-corrected chi connectivity index (χ1v) is 9.86. The number of amidine groups is 1. The van der Waals surface area contributed by atoms with Crippen molar-refractivity contribution in [1.82, 2.24) is 14.5 Å². The molecule has 26 heavy (non-hydrogen) atoms. The average Bonchev–Trinajstić information content (AvgIpc) is 2.73. The summed E-state index contributed by atoms with van der Waals surface area (Å²) in [6, 6.07) is 7.48. The molecule has 1 saturated carbocycles. The summed E-state index contributed by atoms with van der Waals surface area (Å²) in [6.07, 6.45) is 8.02. The van der Waals surface area contributed by atoms with E-state index in [1.54, 1.807) is 0 Å². The van der Waals surface area contributed by atoms with Crippen molar-refractivity contribution < 1.29 is 0 Å². The number of fused-ring (bicyclic) bond motifs is 3. The van der Waals surface area contributed by atoms with Crippen LogP contribution in [-0.4, -0.2) is 52.2 Å².